The third kappa shape index (κ3) is 2.68. The van der Waals surface area contributed by atoms with E-state index >= 15 is 0 Å². The van der Waals surface area contributed by atoms with Crippen molar-refractivity contribution in [3.8, 4) is 11.1 Å². The zero-order valence-corrected chi connectivity index (χ0v) is 11.7. The number of benzene rings is 2. The van der Waals surface area contributed by atoms with Crippen LogP contribution in [0, 0.1) is 0 Å². The monoisotopic (exact) mass is 303 g/mol. The van der Waals surface area contributed by atoms with Crippen LogP contribution in [0.4, 0.5) is 4.79 Å². The standard InChI is InChI=1S/C15H12O5S/c16-15(20-21(17)18)19-9-14-12-7-3-1-5-10(12)11-6-2-4-8-13(11)14/h1-8,14H,9H2,(H,17,18)/p-1. The van der Waals surface area contributed by atoms with Gasteiger partial charge in [-0.15, -0.1) is 0 Å². The maximum Gasteiger partial charge on any atom is 0.521 e. The molecule has 2 aromatic carbocycles. The Kier molecular flexibility index (Phi) is 3.72. The SMILES string of the molecule is O=C(OCC1c2ccccc2-c2ccccc21)OS(=O)[O-]. The molecule has 0 saturated heterocycles. The fourth-order valence-electron chi connectivity index (χ4n) is 2.67. The molecule has 1 unspecified atom stereocenters. The third-order valence-corrected chi connectivity index (χ3v) is 3.74. The molecule has 0 aliphatic heterocycles. The highest BCUT2D eigenvalue weighted by molar-refractivity contribution is 7.74. The van der Waals surface area contributed by atoms with E-state index < -0.39 is 17.5 Å². The van der Waals surface area contributed by atoms with E-state index in [0.717, 1.165) is 22.3 Å². The van der Waals surface area contributed by atoms with Crippen molar-refractivity contribution in [3.05, 3.63) is 59.7 Å². The summed E-state index contributed by atoms with van der Waals surface area (Å²) in [6, 6.07) is 15.7. The summed E-state index contributed by atoms with van der Waals surface area (Å²) in [5.41, 5.74) is 4.30. The summed E-state index contributed by atoms with van der Waals surface area (Å²) >= 11 is -2.91. The summed E-state index contributed by atoms with van der Waals surface area (Å²) < 4.78 is 29.4. The Morgan fingerprint density at radius 3 is 2.10 bits per heavy atom. The first-order valence-electron chi connectivity index (χ1n) is 6.29. The van der Waals surface area contributed by atoms with Crippen molar-refractivity contribution < 1.29 is 22.5 Å². The number of rotatable bonds is 3. The molecule has 0 bridgehead atoms. The minimum atomic E-state index is -2.91. The molecular weight excluding hydrogens is 292 g/mol. The molecule has 21 heavy (non-hydrogen) atoms. The second-order valence-corrected chi connectivity index (χ2v) is 5.15. The minimum absolute atomic E-state index is 0.0318. The summed E-state index contributed by atoms with van der Waals surface area (Å²) in [6.07, 6.45) is -1.22. The van der Waals surface area contributed by atoms with Crippen molar-refractivity contribution in [2.75, 3.05) is 6.61 Å². The maximum absolute atomic E-state index is 11.2. The first kappa shape index (κ1) is 13.8. The van der Waals surface area contributed by atoms with Gasteiger partial charge in [-0.05, 0) is 22.3 Å². The molecule has 1 atom stereocenters. The van der Waals surface area contributed by atoms with E-state index in [0.29, 0.717) is 0 Å². The molecule has 108 valence electrons. The number of carbonyl (C=O) groups excluding carboxylic acids is 1. The average Bonchev–Trinajstić information content (AvgIpc) is 2.79. The van der Waals surface area contributed by atoms with Crippen molar-refractivity contribution in [1.29, 1.82) is 0 Å². The van der Waals surface area contributed by atoms with Gasteiger partial charge in [0.15, 0.2) is 0 Å². The summed E-state index contributed by atoms with van der Waals surface area (Å²) in [5, 5.41) is 0. The Balaban J connectivity index is 1.85. The zero-order chi connectivity index (χ0) is 14.8. The van der Waals surface area contributed by atoms with Crippen LogP contribution in [0.15, 0.2) is 48.5 Å². The van der Waals surface area contributed by atoms with Crippen LogP contribution < -0.4 is 0 Å². The van der Waals surface area contributed by atoms with Gasteiger partial charge < -0.3 is 13.5 Å². The van der Waals surface area contributed by atoms with Crippen LogP contribution in [-0.4, -0.2) is 21.5 Å². The summed E-state index contributed by atoms with van der Waals surface area (Å²) in [7, 11) is 0. The molecule has 0 fully saturated rings. The molecule has 0 aromatic heterocycles. The van der Waals surface area contributed by atoms with E-state index in [9.17, 15) is 13.6 Å². The van der Waals surface area contributed by atoms with Crippen LogP contribution in [0.2, 0.25) is 0 Å². The van der Waals surface area contributed by atoms with Gasteiger partial charge >= 0.3 is 6.16 Å². The molecule has 0 spiro atoms. The summed E-state index contributed by atoms with van der Waals surface area (Å²) in [6.45, 7) is 0.0318. The second kappa shape index (κ2) is 5.67. The van der Waals surface area contributed by atoms with Crippen molar-refractivity contribution in [1.82, 2.24) is 0 Å². The molecule has 3 rings (SSSR count). The molecule has 1 aliphatic rings. The van der Waals surface area contributed by atoms with Gasteiger partial charge in [0, 0.05) is 5.92 Å². The fourth-order valence-corrected chi connectivity index (χ4v) is 2.83. The minimum Gasteiger partial charge on any atom is -0.740 e. The number of ether oxygens (including phenoxy) is 1. The summed E-state index contributed by atoms with van der Waals surface area (Å²) in [5.74, 6) is -0.120. The largest absolute Gasteiger partial charge is 0.740 e. The molecule has 5 nitrogen and oxygen atoms in total. The van der Waals surface area contributed by atoms with Crippen LogP contribution in [0.1, 0.15) is 17.0 Å². The quantitative estimate of drug-likeness (QED) is 0.643. The van der Waals surface area contributed by atoms with Crippen LogP contribution in [0.25, 0.3) is 11.1 Å². The van der Waals surface area contributed by atoms with Gasteiger partial charge in [0.05, 0.1) is 0 Å². The van der Waals surface area contributed by atoms with E-state index in [4.69, 9.17) is 4.74 Å². The van der Waals surface area contributed by atoms with Crippen molar-refractivity contribution >= 4 is 17.5 Å². The van der Waals surface area contributed by atoms with E-state index in [2.05, 4.69) is 4.18 Å². The molecule has 0 amide bonds. The molecule has 0 heterocycles. The van der Waals surface area contributed by atoms with Crippen LogP contribution in [0.3, 0.4) is 0 Å². The fraction of sp³-hybridized carbons (Fsp3) is 0.133. The highest BCUT2D eigenvalue weighted by Crippen LogP contribution is 2.44. The van der Waals surface area contributed by atoms with Gasteiger partial charge in [-0.1, -0.05) is 48.5 Å². The van der Waals surface area contributed by atoms with Gasteiger partial charge in [-0.3, -0.25) is 0 Å². The van der Waals surface area contributed by atoms with Gasteiger partial charge in [-0.25, -0.2) is 9.00 Å². The lowest BCUT2D eigenvalue weighted by molar-refractivity contribution is 0.0977. The van der Waals surface area contributed by atoms with Gasteiger partial charge in [0.1, 0.15) is 18.0 Å². The zero-order valence-electron chi connectivity index (χ0n) is 10.9. The van der Waals surface area contributed by atoms with E-state index in [1.807, 2.05) is 48.5 Å². The predicted molar refractivity (Wildman–Crippen MR) is 75.1 cm³/mol. The Morgan fingerprint density at radius 2 is 1.57 bits per heavy atom. The van der Waals surface area contributed by atoms with E-state index in [1.165, 1.54) is 0 Å². The molecule has 1 aliphatic carbocycles. The molecule has 0 N–H and O–H groups in total. The lowest BCUT2D eigenvalue weighted by Gasteiger charge is -2.14. The van der Waals surface area contributed by atoms with Crippen molar-refractivity contribution in [2.24, 2.45) is 0 Å². The molecular formula is C15H11O5S-. The first-order chi connectivity index (χ1) is 10.2. The molecule has 0 radical (unpaired) electrons. The normalized spacial score (nSPS) is 14.1. The van der Waals surface area contributed by atoms with Crippen LogP contribution in [-0.2, 0) is 20.3 Å². The highest BCUT2D eigenvalue weighted by atomic mass is 32.2. The van der Waals surface area contributed by atoms with Gasteiger partial charge in [0.25, 0.3) is 0 Å². The predicted octanol–water partition coefficient (Wildman–Crippen LogP) is 2.75. The van der Waals surface area contributed by atoms with Gasteiger partial charge in [0.2, 0.25) is 0 Å². The van der Waals surface area contributed by atoms with Crippen LogP contribution in [0.5, 0.6) is 0 Å². The molecule has 2 aromatic rings. The molecule has 0 saturated carbocycles. The van der Waals surface area contributed by atoms with Crippen molar-refractivity contribution in [2.45, 2.75) is 5.92 Å². The van der Waals surface area contributed by atoms with Crippen molar-refractivity contribution in [3.63, 3.8) is 0 Å². The third-order valence-electron chi connectivity index (χ3n) is 3.47. The first-order valence-corrected chi connectivity index (χ1v) is 7.29. The smallest absolute Gasteiger partial charge is 0.521 e. The average molecular weight is 303 g/mol. The maximum atomic E-state index is 11.2. The lowest BCUT2D eigenvalue weighted by atomic mass is 9.98. The Labute approximate surface area is 124 Å². The number of carbonyl (C=O) groups is 1. The van der Waals surface area contributed by atoms with E-state index in [-0.39, 0.29) is 12.5 Å². The Morgan fingerprint density at radius 1 is 1.05 bits per heavy atom. The summed E-state index contributed by atoms with van der Waals surface area (Å²) in [4.78, 5) is 11.2. The Hall–Kier alpha value is -2.18. The molecule has 6 heteroatoms. The van der Waals surface area contributed by atoms with Crippen LogP contribution >= 0.6 is 0 Å². The lowest BCUT2D eigenvalue weighted by Crippen LogP contribution is -2.14. The topological polar surface area (TPSA) is 75.7 Å². The number of fused-ring (bicyclic) bond motifs is 3. The Bertz CT molecular complexity index is 667. The highest BCUT2D eigenvalue weighted by Gasteiger charge is 2.29. The number of hydrogen-bond acceptors (Lipinski definition) is 5. The number of hydrogen-bond donors (Lipinski definition) is 0. The van der Waals surface area contributed by atoms with E-state index in [1.54, 1.807) is 0 Å². The second-order valence-electron chi connectivity index (χ2n) is 4.58. The van der Waals surface area contributed by atoms with Gasteiger partial charge in [-0.2, -0.15) is 0 Å².